The van der Waals surface area contributed by atoms with Crippen LogP contribution in [0.2, 0.25) is 0 Å². The molecule has 0 amide bonds. The smallest absolute Gasteiger partial charge is 0.216 e. The Morgan fingerprint density at radius 2 is 1.94 bits per heavy atom. The number of nitriles is 1. The van der Waals surface area contributed by atoms with Crippen molar-refractivity contribution in [3.63, 3.8) is 0 Å². The molecule has 0 spiro atoms. The molecule has 1 atom stereocenters. The van der Waals surface area contributed by atoms with Crippen LogP contribution in [-0.4, -0.2) is 71.6 Å². The highest BCUT2D eigenvalue weighted by Gasteiger charge is 2.34. The number of hydrogen-bond acceptors (Lipinski definition) is 10. The molecule has 1 saturated carbocycles. The fourth-order valence-corrected chi connectivity index (χ4v) is 4.68. The highest BCUT2D eigenvalue weighted by molar-refractivity contribution is 5.55. The third kappa shape index (κ3) is 7.07. The maximum Gasteiger partial charge on any atom is 0.216 e. The van der Waals surface area contributed by atoms with E-state index in [2.05, 4.69) is 43.6 Å². The van der Waals surface area contributed by atoms with E-state index in [1.165, 1.54) is 6.33 Å². The molecule has 1 saturated heterocycles. The third-order valence-corrected chi connectivity index (χ3v) is 6.73. The summed E-state index contributed by atoms with van der Waals surface area (Å²) >= 11 is 0. The lowest BCUT2D eigenvalue weighted by atomic mass is 9.83. The molecule has 10 nitrogen and oxygen atoms in total. The zero-order valence-corrected chi connectivity index (χ0v) is 20.6. The molecule has 2 fully saturated rings. The van der Waals surface area contributed by atoms with Crippen LogP contribution in [0.5, 0.6) is 5.88 Å². The molecule has 1 aliphatic heterocycles. The lowest BCUT2D eigenvalue weighted by Gasteiger charge is -2.31. The summed E-state index contributed by atoms with van der Waals surface area (Å²) in [6.07, 6.45) is 8.87. The Morgan fingerprint density at radius 1 is 1.17 bits per heavy atom. The van der Waals surface area contributed by atoms with E-state index in [-0.39, 0.29) is 6.61 Å². The van der Waals surface area contributed by atoms with Gasteiger partial charge < -0.3 is 24.8 Å². The van der Waals surface area contributed by atoms with E-state index >= 15 is 0 Å². The first-order valence-corrected chi connectivity index (χ1v) is 12.4. The van der Waals surface area contributed by atoms with Crippen LogP contribution in [0.15, 0.2) is 24.7 Å². The second kappa shape index (κ2) is 12.2. The van der Waals surface area contributed by atoms with E-state index < -0.39 is 5.41 Å². The van der Waals surface area contributed by atoms with Crippen LogP contribution in [-0.2, 0) is 9.47 Å². The minimum absolute atomic E-state index is 0.279. The van der Waals surface area contributed by atoms with Crippen molar-refractivity contribution in [1.82, 2.24) is 25.3 Å². The molecule has 4 rings (SSSR count). The van der Waals surface area contributed by atoms with Crippen LogP contribution >= 0.6 is 0 Å². The van der Waals surface area contributed by atoms with E-state index in [9.17, 15) is 5.26 Å². The summed E-state index contributed by atoms with van der Waals surface area (Å²) in [5.74, 6) is 1.66. The van der Waals surface area contributed by atoms with Gasteiger partial charge >= 0.3 is 0 Å². The molecule has 10 heteroatoms. The Labute approximate surface area is 206 Å². The fourth-order valence-electron chi connectivity index (χ4n) is 4.68. The van der Waals surface area contributed by atoms with Crippen molar-refractivity contribution in [3.8, 4) is 23.5 Å². The Bertz CT molecular complexity index is 985. The van der Waals surface area contributed by atoms with Crippen molar-refractivity contribution in [2.75, 3.05) is 38.9 Å². The van der Waals surface area contributed by atoms with Crippen molar-refractivity contribution in [2.45, 2.75) is 63.6 Å². The minimum Gasteiger partial charge on any atom is -0.476 e. The Kier molecular flexibility index (Phi) is 8.79. The van der Waals surface area contributed by atoms with Gasteiger partial charge in [-0.2, -0.15) is 10.2 Å². The van der Waals surface area contributed by atoms with Gasteiger partial charge in [-0.3, -0.25) is 0 Å². The Morgan fingerprint density at radius 3 is 2.69 bits per heavy atom. The maximum atomic E-state index is 9.64. The summed E-state index contributed by atoms with van der Waals surface area (Å²) in [5, 5.41) is 16.8. The Hall–Kier alpha value is -2.87. The van der Waals surface area contributed by atoms with Crippen LogP contribution in [0, 0.1) is 16.7 Å². The van der Waals surface area contributed by atoms with Crippen molar-refractivity contribution in [3.05, 3.63) is 24.7 Å². The number of nitrogens with zero attached hydrogens (tertiary/aromatic N) is 5. The quantitative estimate of drug-likeness (QED) is 0.523. The average Bonchev–Trinajstić information content (AvgIpc) is 2.90. The summed E-state index contributed by atoms with van der Waals surface area (Å²) in [6, 6.07) is 7.24. The molecule has 35 heavy (non-hydrogen) atoms. The predicted octanol–water partition coefficient (Wildman–Crippen LogP) is 2.98. The van der Waals surface area contributed by atoms with Crippen LogP contribution in [0.4, 0.5) is 5.82 Å². The molecule has 1 aliphatic carbocycles. The largest absolute Gasteiger partial charge is 0.476 e. The first-order valence-electron chi connectivity index (χ1n) is 12.4. The summed E-state index contributed by atoms with van der Waals surface area (Å²) in [4.78, 5) is 17.7. The minimum atomic E-state index is -0.536. The first-order chi connectivity index (χ1) is 17.1. The Balaban J connectivity index is 1.33. The normalized spacial score (nSPS) is 22.7. The predicted molar refractivity (Wildman–Crippen MR) is 131 cm³/mol. The van der Waals surface area contributed by atoms with Crippen molar-refractivity contribution < 1.29 is 14.2 Å². The van der Waals surface area contributed by atoms with Crippen LogP contribution in [0.25, 0.3) is 11.5 Å². The van der Waals surface area contributed by atoms with Gasteiger partial charge in [0.15, 0.2) is 5.82 Å². The van der Waals surface area contributed by atoms with Crippen LogP contribution < -0.4 is 15.4 Å². The van der Waals surface area contributed by atoms with E-state index in [0.29, 0.717) is 61.6 Å². The van der Waals surface area contributed by atoms with Gasteiger partial charge in [0.25, 0.3) is 0 Å². The molecule has 0 bridgehead atoms. The first kappa shape index (κ1) is 25.2. The summed E-state index contributed by atoms with van der Waals surface area (Å²) < 4.78 is 16.5. The molecule has 0 radical (unpaired) electrons. The van der Waals surface area contributed by atoms with Gasteiger partial charge in [-0.1, -0.05) is 0 Å². The number of anilines is 1. The summed E-state index contributed by atoms with van der Waals surface area (Å²) in [7, 11) is 1.74. The van der Waals surface area contributed by atoms with Gasteiger partial charge in [-0.15, -0.1) is 0 Å². The van der Waals surface area contributed by atoms with E-state index in [4.69, 9.17) is 14.2 Å². The second-order valence-electron chi connectivity index (χ2n) is 9.52. The van der Waals surface area contributed by atoms with Gasteiger partial charge in [0.1, 0.15) is 24.4 Å². The second-order valence-corrected chi connectivity index (χ2v) is 9.52. The number of aromatic nitrogens is 4. The molecule has 2 aromatic rings. The summed E-state index contributed by atoms with van der Waals surface area (Å²) in [6.45, 7) is 4.32. The molecular formula is C25H35N7O3. The topological polar surface area (TPSA) is 127 Å². The van der Waals surface area contributed by atoms with Gasteiger partial charge in [-0.05, 0) is 45.4 Å². The molecule has 3 heterocycles. The van der Waals surface area contributed by atoms with E-state index in [1.807, 2.05) is 6.07 Å². The lowest BCUT2D eigenvalue weighted by Crippen LogP contribution is -2.42. The van der Waals surface area contributed by atoms with E-state index in [1.54, 1.807) is 19.4 Å². The van der Waals surface area contributed by atoms with Crippen molar-refractivity contribution in [2.24, 2.45) is 5.41 Å². The molecule has 188 valence electrons. The SMILES string of the molecule is COC[C@@H](C)NC1CCC(Nc2cc(-c3nccc(OCC4(C#N)CCOCC4)n3)ncn2)CC1. The molecule has 2 aliphatic rings. The molecule has 2 N–H and O–H groups in total. The van der Waals surface area contributed by atoms with Crippen LogP contribution in [0.3, 0.4) is 0 Å². The standard InChI is InChI=1S/C25H35N7O3/c1-18(14-33-2)30-19-3-5-20(6-4-19)31-22-13-21(28-17-29-22)24-27-10-7-23(32-24)35-16-25(15-26)8-11-34-12-9-25/h7,10,13,17-20,30H,3-6,8-9,11-12,14,16H2,1-2H3,(H,28,29,31)/t18-,19?,20?/m1/s1. The van der Waals surface area contributed by atoms with Crippen LogP contribution in [0.1, 0.15) is 45.4 Å². The monoisotopic (exact) mass is 481 g/mol. The van der Waals surface area contributed by atoms with Gasteiger partial charge in [0, 0.05) is 56.8 Å². The lowest BCUT2D eigenvalue weighted by molar-refractivity contribution is 0.0183. The average molecular weight is 482 g/mol. The number of rotatable bonds is 10. The number of hydrogen-bond donors (Lipinski definition) is 2. The van der Waals surface area contributed by atoms with Crippen molar-refractivity contribution >= 4 is 5.82 Å². The zero-order valence-electron chi connectivity index (χ0n) is 20.6. The fraction of sp³-hybridized carbons (Fsp3) is 0.640. The molecule has 0 unspecified atom stereocenters. The van der Waals surface area contributed by atoms with Crippen molar-refractivity contribution in [1.29, 1.82) is 5.26 Å². The molecule has 2 aromatic heterocycles. The third-order valence-electron chi connectivity index (χ3n) is 6.73. The summed E-state index contributed by atoms with van der Waals surface area (Å²) in [5.41, 5.74) is 0.0869. The number of nitrogens with one attached hydrogen (secondary N) is 2. The van der Waals surface area contributed by atoms with Gasteiger partial charge in [0.2, 0.25) is 5.88 Å². The molecule has 0 aromatic carbocycles. The maximum absolute atomic E-state index is 9.64. The number of ether oxygens (including phenoxy) is 3. The molecular weight excluding hydrogens is 446 g/mol. The zero-order chi connectivity index (χ0) is 24.5. The highest BCUT2D eigenvalue weighted by Crippen LogP contribution is 2.30. The highest BCUT2D eigenvalue weighted by atomic mass is 16.5. The van der Waals surface area contributed by atoms with E-state index in [0.717, 1.165) is 38.1 Å². The number of methoxy groups -OCH3 is 1. The van der Waals surface area contributed by atoms with Gasteiger partial charge in [0.05, 0.1) is 18.1 Å². The van der Waals surface area contributed by atoms with Gasteiger partial charge in [-0.25, -0.2) is 15.0 Å².